The van der Waals surface area contributed by atoms with Crippen molar-refractivity contribution in [1.82, 2.24) is 5.01 Å². The van der Waals surface area contributed by atoms with Gasteiger partial charge in [0.25, 0.3) is 11.8 Å². The van der Waals surface area contributed by atoms with Crippen LogP contribution in [0.25, 0.3) is 0 Å². The van der Waals surface area contributed by atoms with Crippen LogP contribution in [-0.4, -0.2) is 36.8 Å². The molecule has 1 saturated carbocycles. The summed E-state index contributed by atoms with van der Waals surface area (Å²) in [6.07, 6.45) is 8.98. The normalized spacial score (nSPS) is 27.7. The summed E-state index contributed by atoms with van der Waals surface area (Å²) in [4.78, 5) is 25.5. The Hall–Kier alpha value is -2.89. The highest BCUT2D eigenvalue weighted by molar-refractivity contribution is 6.06. The van der Waals surface area contributed by atoms with E-state index in [1.165, 1.54) is 0 Å². The Morgan fingerprint density at radius 1 is 1.21 bits per heavy atom. The smallest absolute Gasteiger partial charge is 0.254 e. The number of hydrogen-bond acceptors (Lipinski definition) is 5. The number of ether oxygens (including phenoxy) is 2. The van der Waals surface area contributed by atoms with Crippen molar-refractivity contribution >= 4 is 18.0 Å². The highest BCUT2D eigenvalue weighted by Gasteiger charge is 2.59. The van der Waals surface area contributed by atoms with Crippen LogP contribution in [-0.2, 0) is 16.0 Å². The number of hydrogen-bond donors (Lipinski definition) is 0. The van der Waals surface area contributed by atoms with Crippen molar-refractivity contribution in [3.63, 3.8) is 0 Å². The summed E-state index contributed by atoms with van der Waals surface area (Å²) < 4.78 is 11.2. The van der Waals surface area contributed by atoms with Gasteiger partial charge in [0.2, 0.25) is 0 Å². The third-order valence-corrected chi connectivity index (χ3v) is 5.79. The van der Waals surface area contributed by atoms with Crippen molar-refractivity contribution in [1.29, 1.82) is 0 Å². The van der Waals surface area contributed by atoms with Crippen molar-refractivity contribution in [2.24, 2.45) is 28.8 Å². The van der Waals surface area contributed by atoms with Gasteiger partial charge < -0.3 is 9.47 Å². The molecule has 2 bridgehead atoms. The van der Waals surface area contributed by atoms with Gasteiger partial charge >= 0.3 is 0 Å². The van der Waals surface area contributed by atoms with Crippen LogP contribution >= 0.6 is 0 Å². The number of hydrazone groups is 1. The summed E-state index contributed by atoms with van der Waals surface area (Å²) >= 11 is 0. The number of nitrogens with zero attached hydrogens (tertiary/aromatic N) is 2. The third kappa shape index (κ3) is 2.84. The lowest BCUT2D eigenvalue weighted by molar-refractivity contribution is -0.140. The Bertz CT molecular complexity index is 859. The molecule has 1 aromatic rings. The highest BCUT2D eigenvalue weighted by atomic mass is 16.5. The van der Waals surface area contributed by atoms with Gasteiger partial charge in [0.05, 0.1) is 31.8 Å². The zero-order valence-corrected chi connectivity index (χ0v) is 16.1. The number of amides is 2. The fourth-order valence-corrected chi connectivity index (χ4v) is 4.68. The van der Waals surface area contributed by atoms with E-state index in [4.69, 9.17) is 9.47 Å². The highest BCUT2D eigenvalue weighted by Crippen LogP contribution is 2.52. The second-order valence-electron chi connectivity index (χ2n) is 7.37. The predicted octanol–water partition coefficient (Wildman–Crippen LogP) is 2.96. The molecule has 4 rings (SSSR count). The third-order valence-electron chi connectivity index (χ3n) is 5.79. The number of fused-ring (bicyclic) bond motifs is 5. The molecule has 1 saturated heterocycles. The SMILES string of the molecule is C=CCc1cc(C=NN2C(=O)C3C4C=CC(C4)C3C2=O)cc(OCC)c1OC. The second kappa shape index (κ2) is 7.26. The number of benzene rings is 1. The molecule has 6 heteroatoms. The lowest BCUT2D eigenvalue weighted by atomic mass is 9.85. The molecule has 2 aliphatic carbocycles. The summed E-state index contributed by atoms with van der Waals surface area (Å²) in [5, 5.41) is 5.31. The van der Waals surface area contributed by atoms with Crippen LogP contribution in [0.2, 0.25) is 0 Å². The fourth-order valence-electron chi connectivity index (χ4n) is 4.68. The molecular formula is C22H24N2O4. The van der Waals surface area contributed by atoms with Gasteiger partial charge in [-0.15, -0.1) is 6.58 Å². The molecule has 0 spiro atoms. The first-order chi connectivity index (χ1) is 13.6. The van der Waals surface area contributed by atoms with Gasteiger partial charge in [-0.05, 0) is 49.3 Å². The van der Waals surface area contributed by atoms with E-state index in [-0.39, 0.29) is 35.5 Å². The van der Waals surface area contributed by atoms with Crippen LogP contribution in [0.1, 0.15) is 24.5 Å². The van der Waals surface area contributed by atoms with E-state index in [1.54, 1.807) is 25.5 Å². The first kappa shape index (κ1) is 18.5. The maximum Gasteiger partial charge on any atom is 0.254 e. The van der Waals surface area contributed by atoms with Crippen molar-refractivity contribution in [2.45, 2.75) is 19.8 Å². The maximum absolute atomic E-state index is 12.7. The Morgan fingerprint density at radius 3 is 2.46 bits per heavy atom. The summed E-state index contributed by atoms with van der Waals surface area (Å²) in [5.74, 6) is 0.749. The van der Waals surface area contributed by atoms with E-state index in [2.05, 4.69) is 23.8 Å². The van der Waals surface area contributed by atoms with Gasteiger partial charge in [-0.2, -0.15) is 10.1 Å². The number of rotatable bonds is 7. The van der Waals surface area contributed by atoms with Crippen LogP contribution in [0.15, 0.2) is 42.0 Å². The Morgan fingerprint density at radius 2 is 1.89 bits per heavy atom. The molecule has 3 aliphatic rings. The van der Waals surface area contributed by atoms with Crippen LogP contribution in [0.4, 0.5) is 0 Å². The quantitative estimate of drug-likeness (QED) is 0.414. The Labute approximate surface area is 164 Å². The molecule has 4 atom stereocenters. The fraction of sp³-hybridized carbons (Fsp3) is 0.409. The van der Waals surface area contributed by atoms with Gasteiger partial charge in [-0.3, -0.25) is 9.59 Å². The minimum absolute atomic E-state index is 0.177. The molecule has 2 fully saturated rings. The zero-order valence-electron chi connectivity index (χ0n) is 16.1. The van der Waals surface area contributed by atoms with E-state index in [0.29, 0.717) is 24.5 Å². The molecule has 4 unspecified atom stereocenters. The summed E-state index contributed by atoms with van der Waals surface area (Å²) in [6, 6.07) is 3.71. The molecule has 6 nitrogen and oxygen atoms in total. The van der Waals surface area contributed by atoms with Crippen LogP contribution in [0.3, 0.4) is 0 Å². The summed E-state index contributed by atoms with van der Waals surface area (Å²) in [5.41, 5.74) is 1.64. The Balaban J connectivity index is 1.62. The van der Waals surface area contributed by atoms with Crippen molar-refractivity contribution in [2.75, 3.05) is 13.7 Å². The molecule has 1 heterocycles. The van der Waals surface area contributed by atoms with E-state index in [9.17, 15) is 9.59 Å². The predicted molar refractivity (Wildman–Crippen MR) is 105 cm³/mol. The molecule has 0 N–H and O–H groups in total. The van der Waals surface area contributed by atoms with Crippen LogP contribution in [0, 0.1) is 23.7 Å². The van der Waals surface area contributed by atoms with Gasteiger partial charge in [0, 0.05) is 5.56 Å². The van der Waals surface area contributed by atoms with E-state index in [1.807, 2.05) is 13.0 Å². The van der Waals surface area contributed by atoms with Crippen LogP contribution < -0.4 is 9.47 Å². The molecule has 1 aromatic carbocycles. The number of carbonyl (C=O) groups excluding carboxylic acids is 2. The first-order valence-corrected chi connectivity index (χ1v) is 9.63. The van der Waals surface area contributed by atoms with Crippen molar-refractivity contribution in [3.8, 4) is 11.5 Å². The van der Waals surface area contributed by atoms with Gasteiger partial charge in [-0.25, -0.2) is 0 Å². The zero-order chi connectivity index (χ0) is 19.8. The lowest BCUT2D eigenvalue weighted by Gasteiger charge is -2.15. The largest absolute Gasteiger partial charge is 0.493 e. The topological polar surface area (TPSA) is 68.2 Å². The van der Waals surface area contributed by atoms with E-state index in [0.717, 1.165) is 22.6 Å². The van der Waals surface area contributed by atoms with E-state index < -0.39 is 0 Å². The second-order valence-corrected chi connectivity index (χ2v) is 7.37. The van der Waals surface area contributed by atoms with Gasteiger partial charge in [-0.1, -0.05) is 18.2 Å². The minimum atomic E-state index is -0.245. The number of methoxy groups -OCH3 is 1. The lowest BCUT2D eigenvalue weighted by Crippen LogP contribution is -2.28. The molecule has 1 aliphatic heterocycles. The van der Waals surface area contributed by atoms with Crippen molar-refractivity contribution in [3.05, 3.63) is 48.1 Å². The average Bonchev–Trinajstić information content (AvgIpc) is 3.35. The van der Waals surface area contributed by atoms with Crippen LogP contribution in [0.5, 0.6) is 11.5 Å². The molecule has 0 aromatic heterocycles. The number of imide groups is 1. The van der Waals surface area contributed by atoms with Gasteiger partial charge in [0.1, 0.15) is 0 Å². The first-order valence-electron chi connectivity index (χ1n) is 9.63. The number of allylic oxidation sites excluding steroid dienone is 3. The maximum atomic E-state index is 12.7. The van der Waals surface area contributed by atoms with Gasteiger partial charge in [0.15, 0.2) is 11.5 Å². The van der Waals surface area contributed by atoms with E-state index >= 15 is 0 Å². The Kier molecular flexibility index (Phi) is 4.79. The van der Waals surface area contributed by atoms with Crippen molar-refractivity contribution < 1.29 is 19.1 Å². The molecule has 146 valence electrons. The minimum Gasteiger partial charge on any atom is -0.493 e. The standard InChI is InChI=1S/C22H24N2O4/c1-4-6-16-9-13(10-17(28-5-2)20(16)27-3)12-23-24-21(25)18-14-7-8-15(11-14)19(18)22(24)26/h4,7-10,12,14-15,18-19H,1,5-6,11H2,2-3H3. The summed E-state index contributed by atoms with van der Waals surface area (Å²) in [7, 11) is 1.60. The molecule has 28 heavy (non-hydrogen) atoms. The monoisotopic (exact) mass is 380 g/mol. The molecular weight excluding hydrogens is 356 g/mol. The average molecular weight is 380 g/mol. The number of carbonyl (C=O) groups is 2. The summed E-state index contributed by atoms with van der Waals surface area (Å²) in [6.45, 7) is 6.18. The molecule has 0 radical (unpaired) electrons. The molecule has 2 amide bonds.